The molecule has 4 aromatic rings. The van der Waals surface area contributed by atoms with Gasteiger partial charge in [-0.25, -0.2) is 23.4 Å². The zero-order valence-corrected chi connectivity index (χ0v) is 19.4. The number of sulfone groups is 1. The van der Waals surface area contributed by atoms with E-state index in [0.717, 1.165) is 11.6 Å². The molecular weight excluding hydrogens is 476 g/mol. The predicted molar refractivity (Wildman–Crippen MR) is 128 cm³/mol. The molecule has 0 unspecified atom stereocenters. The van der Waals surface area contributed by atoms with Crippen molar-refractivity contribution in [2.75, 3.05) is 16.9 Å². The van der Waals surface area contributed by atoms with Gasteiger partial charge in [0.2, 0.25) is 0 Å². The van der Waals surface area contributed by atoms with Crippen molar-refractivity contribution < 1.29 is 13.2 Å². The Morgan fingerprint density at radius 2 is 1.97 bits per heavy atom. The van der Waals surface area contributed by atoms with Gasteiger partial charge in [0.15, 0.2) is 14.9 Å². The van der Waals surface area contributed by atoms with Gasteiger partial charge >= 0.3 is 0 Å². The van der Waals surface area contributed by atoms with Gasteiger partial charge in [0, 0.05) is 24.0 Å². The normalized spacial score (nSPS) is 11.2. The van der Waals surface area contributed by atoms with Crippen molar-refractivity contribution in [1.29, 1.82) is 5.26 Å². The first-order valence-corrected chi connectivity index (χ1v) is 12.1. The highest BCUT2D eigenvalue weighted by Gasteiger charge is 2.26. The molecule has 2 N–H and O–H groups in total. The summed E-state index contributed by atoms with van der Waals surface area (Å²) in [6.45, 7) is 0.00714. The first-order chi connectivity index (χ1) is 16.2. The van der Waals surface area contributed by atoms with Crippen LogP contribution >= 0.6 is 11.6 Å². The highest BCUT2D eigenvalue weighted by molar-refractivity contribution is 7.90. The van der Waals surface area contributed by atoms with E-state index in [1.54, 1.807) is 30.3 Å². The molecular formula is C23H17ClN6O3S. The van der Waals surface area contributed by atoms with E-state index in [1.165, 1.54) is 35.5 Å². The van der Waals surface area contributed by atoms with Crippen LogP contribution in [0, 0.1) is 11.3 Å². The van der Waals surface area contributed by atoms with E-state index in [9.17, 15) is 13.2 Å². The quantitative estimate of drug-likeness (QED) is 0.446. The van der Waals surface area contributed by atoms with E-state index < -0.39 is 15.7 Å². The number of hydrogen-bond donors (Lipinski definition) is 1. The number of aromatic nitrogens is 3. The third kappa shape index (κ3) is 4.66. The summed E-state index contributed by atoms with van der Waals surface area (Å²) in [5, 5.41) is 9.85. The number of pyridine rings is 3. The Balaban J connectivity index is 1.83. The lowest BCUT2D eigenvalue weighted by atomic mass is 10.1. The lowest BCUT2D eigenvalue weighted by Gasteiger charge is -2.24. The first kappa shape index (κ1) is 23.1. The Bertz CT molecular complexity index is 1570. The Morgan fingerprint density at radius 3 is 2.65 bits per heavy atom. The van der Waals surface area contributed by atoms with Gasteiger partial charge in [-0.05, 0) is 42.0 Å². The van der Waals surface area contributed by atoms with Crippen LogP contribution in [0.5, 0.6) is 0 Å². The number of amides is 1. The smallest absolute Gasteiger partial charge is 0.260 e. The zero-order valence-electron chi connectivity index (χ0n) is 17.8. The second-order valence-electron chi connectivity index (χ2n) is 7.42. The number of hydrogen-bond acceptors (Lipinski definition) is 8. The second-order valence-corrected chi connectivity index (χ2v) is 9.76. The monoisotopic (exact) mass is 492 g/mol. The minimum atomic E-state index is -3.75. The molecule has 0 spiro atoms. The number of anilines is 2. The van der Waals surface area contributed by atoms with Gasteiger partial charge in [-0.1, -0.05) is 23.7 Å². The largest absolute Gasteiger partial charge is 0.382 e. The standard InChI is InChI=1S/C23H17ClN6O3S/c1-34(32,33)22-20(3-2-8-27-22)30(23(31)16-6-7-17(11-25)28-12-16)13-14-4-5-15-10-18(24)21(26)29-19(15)9-14/h2-10,12H,13H2,1H3,(H2,26,29). The zero-order chi connectivity index (χ0) is 24.5. The third-order valence-electron chi connectivity index (χ3n) is 4.97. The summed E-state index contributed by atoms with van der Waals surface area (Å²) in [4.78, 5) is 27.1. The van der Waals surface area contributed by atoms with Crippen molar-refractivity contribution in [3.05, 3.63) is 82.8 Å². The molecule has 0 aliphatic rings. The molecule has 11 heteroatoms. The number of carbonyl (C=O) groups is 1. The Kier molecular flexibility index (Phi) is 6.15. The molecule has 3 aromatic heterocycles. The lowest BCUT2D eigenvalue weighted by Crippen LogP contribution is -2.32. The number of benzene rings is 1. The number of nitrogens with two attached hydrogens (primary N) is 1. The average Bonchev–Trinajstić information content (AvgIpc) is 2.82. The number of nitrogens with zero attached hydrogens (tertiary/aromatic N) is 5. The third-order valence-corrected chi connectivity index (χ3v) is 6.29. The molecule has 0 radical (unpaired) electrons. The number of carbonyl (C=O) groups excluding carboxylic acids is 1. The Labute approximate surface area is 200 Å². The molecule has 3 heterocycles. The Hall–Kier alpha value is -4.07. The molecule has 34 heavy (non-hydrogen) atoms. The topological polar surface area (TPSA) is 143 Å². The van der Waals surface area contributed by atoms with E-state index >= 15 is 0 Å². The molecule has 0 aliphatic heterocycles. The molecule has 0 atom stereocenters. The van der Waals surface area contributed by atoms with Crippen LogP contribution in [0.1, 0.15) is 21.6 Å². The van der Waals surface area contributed by atoms with Gasteiger partial charge in [-0.2, -0.15) is 5.26 Å². The van der Waals surface area contributed by atoms with Crippen molar-refractivity contribution in [3.63, 3.8) is 0 Å². The molecule has 0 fully saturated rings. The fraction of sp³-hybridized carbons (Fsp3) is 0.0870. The van der Waals surface area contributed by atoms with Crippen LogP contribution < -0.4 is 10.6 Å². The number of rotatable bonds is 5. The second kappa shape index (κ2) is 9.05. The highest BCUT2D eigenvalue weighted by atomic mass is 35.5. The van der Waals surface area contributed by atoms with Gasteiger partial charge in [-0.3, -0.25) is 4.79 Å². The number of halogens is 1. The molecule has 1 amide bonds. The van der Waals surface area contributed by atoms with Crippen LogP contribution in [-0.4, -0.2) is 35.5 Å². The summed E-state index contributed by atoms with van der Waals surface area (Å²) < 4.78 is 24.8. The van der Waals surface area contributed by atoms with Crippen LogP contribution in [0.25, 0.3) is 10.9 Å². The van der Waals surface area contributed by atoms with Crippen molar-refractivity contribution in [1.82, 2.24) is 15.0 Å². The lowest BCUT2D eigenvalue weighted by molar-refractivity contribution is 0.0984. The van der Waals surface area contributed by atoms with Crippen molar-refractivity contribution in [2.45, 2.75) is 11.6 Å². The summed E-state index contributed by atoms with van der Waals surface area (Å²) in [5.74, 6) is -0.340. The summed E-state index contributed by atoms with van der Waals surface area (Å²) in [6.07, 6.45) is 3.64. The minimum absolute atomic E-state index is 0.00714. The number of nitrogen functional groups attached to an aromatic ring is 1. The molecule has 0 saturated heterocycles. The maximum absolute atomic E-state index is 13.5. The van der Waals surface area contributed by atoms with Crippen molar-refractivity contribution in [2.24, 2.45) is 0 Å². The van der Waals surface area contributed by atoms with Crippen LogP contribution in [0.15, 0.2) is 66.0 Å². The van der Waals surface area contributed by atoms with E-state index in [2.05, 4.69) is 15.0 Å². The van der Waals surface area contributed by atoms with Gasteiger partial charge < -0.3 is 10.6 Å². The number of fused-ring (bicyclic) bond motifs is 1. The maximum Gasteiger partial charge on any atom is 0.260 e. The number of nitriles is 1. The SMILES string of the molecule is CS(=O)(=O)c1ncccc1N(Cc1ccc2cc(Cl)c(N)nc2c1)C(=O)c1ccc(C#N)nc1. The van der Waals surface area contributed by atoms with Gasteiger partial charge in [-0.15, -0.1) is 0 Å². The van der Waals surface area contributed by atoms with Gasteiger partial charge in [0.05, 0.1) is 28.3 Å². The van der Waals surface area contributed by atoms with E-state index in [4.69, 9.17) is 22.6 Å². The fourth-order valence-electron chi connectivity index (χ4n) is 3.36. The molecule has 0 aliphatic carbocycles. The molecule has 4 rings (SSSR count). The summed E-state index contributed by atoms with van der Waals surface area (Å²) in [7, 11) is -3.75. The van der Waals surface area contributed by atoms with E-state index in [-0.39, 0.29) is 34.3 Å². The molecule has 0 bridgehead atoms. The van der Waals surface area contributed by atoms with E-state index in [0.29, 0.717) is 16.1 Å². The van der Waals surface area contributed by atoms with Gasteiger partial charge in [0.1, 0.15) is 17.6 Å². The molecule has 1 aromatic carbocycles. The highest BCUT2D eigenvalue weighted by Crippen LogP contribution is 2.28. The predicted octanol–water partition coefficient (Wildman–Crippen LogP) is 3.38. The van der Waals surface area contributed by atoms with Crippen LogP contribution in [-0.2, 0) is 16.4 Å². The van der Waals surface area contributed by atoms with Crippen LogP contribution in [0.2, 0.25) is 5.02 Å². The van der Waals surface area contributed by atoms with Crippen LogP contribution in [0.4, 0.5) is 11.5 Å². The summed E-state index contributed by atoms with van der Waals surface area (Å²) in [5.41, 5.74) is 7.51. The summed E-state index contributed by atoms with van der Waals surface area (Å²) in [6, 6.07) is 14.8. The molecule has 170 valence electrons. The fourth-order valence-corrected chi connectivity index (χ4v) is 4.34. The van der Waals surface area contributed by atoms with Crippen LogP contribution in [0.3, 0.4) is 0 Å². The first-order valence-electron chi connectivity index (χ1n) is 9.85. The summed E-state index contributed by atoms with van der Waals surface area (Å²) >= 11 is 6.05. The maximum atomic E-state index is 13.5. The molecule has 0 saturated carbocycles. The van der Waals surface area contributed by atoms with Gasteiger partial charge in [0.25, 0.3) is 5.91 Å². The Morgan fingerprint density at radius 1 is 1.18 bits per heavy atom. The minimum Gasteiger partial charge on any atom is -0.382 e. The molecule has 9 nitrogen and oxygen atoms in total. The van der Waals surface area contributed by atoms with E-state index in [1.807, 2.05) is 6.07 Å². The van der Waals surface area contributed by atoms with Crippen molar-refractivity contribution in [3.8, 4) is 6.07 Å². The van der Waals surface area contributed by atoms with Crippen molar-refractivity contribution >= 4 is 49.8 Å². The average molecular weight is 493 g/mol.